The second-order valence-electron chi connectivity index (χ2n) is 6.22. The fraction of sp³-hybridized carbons (Fsp3) is 0.520. The lowest BCUT2D eigenvalue weighted by atomic mass is 10.2. The molecule has 0 aromatic rings. The molecule has 0 aliphatic heterocycles. The molecule has 0 nitrogen and oxygen atoms in total. The molecule has 0 radical (unpaired) electrons. The van der Waals surface area contributed by atoms with Gasteiger partial charge in [-0.15, -0.1) is 0 Å². The van der Waals surface area contributed by atoms with Gasteiger partial charge >= 0.3 is 0 Å². The summed E-state index contributed by atoms with van der Waals surface area (Å²) in [5, 5.41) is 0. The molecule has 0 heteroatoms. The molecule has 0 spiro atoms. The first-order valence-electron chi connectivity index (χ1n) is 10.3. The van der Waals surface area contributed by atoms with Crippen LogP contribution in [0.2, 0.25) is 0 Å². The quantitative estimate of drug-likeness (QED) is 0.195. The number of hydrogen-bond acceptors (Lipinski definition) is 0. The fourth-order valence-electron chi connectivity index (χ4n) is 2.36. The van der Waals surface area contributed by atoms with Crippen molar-refractivity contribution in [3.8, 4) is 0 Å². The van der Waals surface area contributed by atoms with Gasteiger partial charge in [-0.1, -0.05) is 79.8 Å². The predicted octanol–water partition coefficient (Wildman–Crippen LogP) is 8.65. The molecule has 0 rings (SSSR count). The highest BCUT2D eigenvalue weighted by atomic mass is 13.9. The lowest BCUT2D eigenvalue weighted by molar-refractivity contribution is 0.972. The maximum Gasteiger partial charge on any atom is -0.0316 e. The number of rotatable bonds is 16. The summed E-state index contributed by atoms with van der Waals surface area (Å²) in [5.41, 5.74) is 0. The van der Waals surface area contributed by atoms with Crippen LogP contribution in [-0.2, 0) is 0 Å². The Morgan fingerprint density at radius 3 is 0.840 bits per heavy atom. The van der Waals surface area contributed by atoms with Crippen molar-refractivity contribution in [2.45, 2.75) is 84.5 Å². The molecule has 0 saturated carbocycles. The summed E-state index contributed by atoms with van der Waals surface area (Å²) in [6.45, 7) is 4.26. The van der Waals surface area contributed by atoms with Gasteiger partial charge in [-0.2, -0.15) is 0 Å². The molecular formula is C25H40. The molecule has 0 aromatic heterocycles. The molecule has 0 fully saturated rings. The van der Waals surface area contributed by atoms with Gasteiger partial charge in [0.1, 0.15) is 0 Å². The first kappa shape index (κ1) is 23.4. The highest BCUT2D eigenvalue weighted by molar-refractivity contribution is 4.93. The number of hydrogen-bond donors (Lipinski definition) is 0. The van der Waals surface area contributed by atoms with Crippen molar-refractivity contribution in [1.29, 1.82) is 0 Å². The van der Waals surface area contributed by atoms with Crippen molar-refractivity contribution < 1.29 is 0 Å². The Kier molecular flexibility index (Phi) is 21.0. The van der Waals surface area contributed by atoms with E-state index >= 15 is 0 Å². The van der Waals surface area contributed by atoms with Gasteiger partial charge in [-0.05, 0) is 77.6 Å². The molecule has 0 atom stereocenters. The van der Waals surface area contributed by atoms with Crippen molar-refractivity contribution >= 4 is 0 Å². The second-order valence-corrected chi connectivity index (χ2v) is 6.22. The molecular weight excluding hydrogens is 300 g/mol. The van der Waals surface area contributed by atoms with Gasteiger partial charge in [0, 0.05) is 0 Å². The summed E-state index contributed by atoms with van der Waals surface area (Å²) >= 11 is 0. The Bertz CT molecular complexity index is 415. The smallest absolute Gasteiger partial charge is 0.0316 e. The lowest BCUT2D eigenvalue weighted by Gasteiger charge is -1.91. The summed E-state index contributed by atoms with van der Waals surface area (Å²) in [6.07, 6.45) is 40.2. The van der Waals surface area contributed by atoms with Gasteiger partial charge in [-0.25, -0.2) is 0 Å². The van der Waals surface area contributed by atoms with Crippen molar-refractivity contribution in [2.24, 2.45) is 0 Å². The van der Waals surface area contributed by atoms with Crippen LogP contribution in [0.5, 0.6) is 0 Å². The minimum absolute atomic E-state index is 1.15. The standard InChI is InChI=1S/C25H40/c1-3-5-7-9-11-13-15-17-19-21-23-25-24-22-20-18-16-14-12-10-8-6-4-2/h3,5-6,8,11,13-14,16,19,21-22,24H,4,7,9-10,12,15,17-18,20,23,25H2,1-2H3. The van der Waals surface area contributed by atoms with Crippen LogP contribution in [-0.4, -0.2) is 0 Å². The SMILES string of the molecule is CC=CCCC=CCCC=CCCC=CCCC=CCCC=CCC. The normalized spacial score (nSPS) is 13.2. The fourth-order valence-corrected chi connectivity index (χ4v) is 2.36. The van der Waals surface area contributed by atoms with Crippen LogP contribution in [0.15, 0.2) is 72.9 Å². The summed E-state index contributed by atoms with van der Waals surface area (Å²) in [6, 6.07) is 0. The summed E-state index contributed by atoms with van der Waals surface area (Å²) in [4.78, 5) is 0. The number of unbranched alkanes of at least 4 members (excludes halogenated alkanes) is 5. The third kappa shape index (κ3) is 22.4. The predicted molar refractivity (Wildman–Crippen MR) is 117 cm³/mol. The van der Waals surface area contributed by atoms with Crippen LogP contribution in [0.1, 0.15) is 84.5 Å². The van der Waals surface area contributed by atoms with E-state index < -0.39 is 0 Å². The van der Waals surface area contributed by atoms with E-state index in [2.05, 4.69) is 86.8 Å². The van der Waals surface area contributed by atoms with Gasteiger partial charge in [0.15, 0.2) is 0 Å². The van der Waals surface area contributed by atoms with Crippen LogP contribution in [0.3, 0.4) is 0 Å². The van der Waals surface area contributed by atoms with Crippen molar-refractivity contribution in [2.75, 3.05) is 0 Å². The molecule has 0 saturated heterocycles. The van der Waals surface area contributed by atoms with Crippen LogP contribution in [0.4, 0.5) is 0 Å². The first-order chi connectivity index (χ1) is 12.4. The van der Waals surface area contributed by atoms with E-state index in [0.29, 0.717) is 0 Å². The van der Waals surface area contributed by atoms with E-state index in [0.717, 1.165) is 6.42 Å². The van der Waals surface area contributed by atoms with Gasteiger partial charge in [-0.3, -0.25) is 0 Å². The van der Waals surface area contributed by atoms with Crippen LogP contribution < -0.4 is 0 Å². The van der Waals surface area contributed by atoms with Crippen LogP contribution in [0, 0.1) is 0 Å². The molecule has 140 valence electrons. The topological polar surface area (TPSA) is 0 Å². The van der Waals surface area contributed by atoms with Gasteiger partial charge in [0.2, 0.25) is 0 Å². The average Bonchev–Trinajstić information content (AvgIpc) is 2.63. The lowest BCUT2D eigenvalue weighted by Crippen LogP contribution is -1.70. The van der Waals surface area contributed by atoms with E-state index in [-0.39, 0.29) is 0 Å². The minimum Gasteiger partial charge on any atom is -0.0917 e. The Labute approximate surface area is 157 Å². The molecule has 0 bridgehead atoms. The van der Waals surface area contributed by atoms with E-state index in [1.54, 1.807) is 0 Å². The zero-order valence-corrected chi connectivity index (χ0v) is 16.7. The van der Waals surface area contributed by atoms with Crippen molar-refractivity contribution in [3.05, 3.63) is 72.9 Å². The summed E-state index contributed by atoms with van der Waals surface area (Å²) in [5.74, 6) is 0. The molecule has 0 unspecified atom stereocenters. The van der Waals surface area contributed by atoms with Crippen LogP contribution in [0.25, 0.3) is 0 Å². The maximum absolute atomic E-state index is 2.32. The molecule has 0 aliphatic carbocycles. The van der Waals surface area contributed by atoms with Gasteiger partial charge in [0.25, 0.3) is 0 Å². The van der Waals surface area contributed by atoms with Crippen LogP contribution >= 0.6 is 0 Å². The largest absolute Gasteiger partial charge is 0.0917 e. The molecule has 0 N–H and O–H groups in total. The third-order valence-corrected chi connectivity index (χ3v) is 3.80. The Morgan fingerprint density at radius 1 is 0.360 bits per heavy atom. The molecule has 0 aromatic carbocycles. The van der Waals surface area contributed by atoms with E-state index in [9.17, 15) is 0 Å². The monoisotopic (exact) mass is 340 g/mol. The van der Waals surface area contributed by atoms with E-state index in [1.807, 2.05) is 0 Å². The zero-order valence-electron chi connectivity index (χ0n) is 16.7. The second kappa shape index (κ2) is 22.4. The highest BCUT2D eigenvalue weighted by Gasteiger charge is 1.81. The molecule has 0 amide bonds. The molecule has 25 heavy (non-hydrogen) atoms. The van der Waals surface area contributed by atoms with E-state index in [1.165, 1.54) is 64.2 Å². The van der Waals surface area contributed by atoms with Gasteiger partial charge < -0.3 is 0 Å². The minimum atomic E-state index is 1.15. The Morgan fingerprint density at radius 2 is 0.600 bits per heavy atom. The highest BCUT2D eigenvalue weighted by Crippen LogP contribution is 2.02. The van der Waals surface area contributed by atoms with Crippen molar-refractivity contribution in [3.63, 3.8) is 0 Å². The Balaban J connectivity index is 3.36. The molecule has 0 aliphatic rings. The average molecular weight is 341 g/mol. The van der Waals surface area contributed by atoms with Crippen molar-refractivity contribution in [1.82, 2.24) is 0 Å². The molecule has 0 heterocycles. The zero-order chi connectivity index (χ0) is 18.3. The first-order valence-corrected chi connectivity index (χ1v) is 10.3. The third-order valence-electron chi connectivity index (χ3n) is 3.80. The summed E-state index contributed by atoms with van der Waals surface area (Å²) in [7, 11) is 0. The maximum atomic E-state index is 2.32. The van der Waals surface area contributed by atoms with Gasteiger partial charge in [0.05, 0.1) is 0 Å². The number of allylic oxidation sites excluding steroid dienone is 12. The Hall–Kier alpha value is -1.56. The van der Waals surface area contributed by atoms with E-state index in [4.69, 9.17) is 0 Å². The summed E-state index contributed by atoms with van der Waals surface area (Å²) < 4.78 is 0.